The minimum Gasteiger partial charge on any atom is -0.338 e. The molecule has 2 aromatic rings. The molecule has 0 radical (unpaired) electrons. The molecule has 0 fully saturated rings. The highest BCUT2D eigenvalue weighted by Gasteiger charge is 2.13. The minimum atomic E-state index is -0.903. The Balaban J connectivity index is 1.85. The molecule has 1 aromatic carbocycles. The molecule has 116 valence electrons. The molecule has 0 aliphatic carbocycles. The molecule has 0 bridgehead atoms. The van der Waals surface area contributed by atoms with E-state index in [4.69, 9.17) is 0 Å². The number of allylic oxidation sites excluding steroid dienone is 2. The van der Waals surface area contributed by atoms with Crippen LogP contribution in [0.4, 0.5) is 8.78 Å². The lowest BCUT2D eigenvalue weighted by atomic mass is 10.2. The maximum Gasteiger partial charge on any atom is 0.161 e. The standard InChI is InChI=1S/C14H15F2N5S/c1-2-22-18-7-9-3-8(6-17-21-9)14-19-12-4-10(15)11(16)5-13(12)20-14/h3-6,17-18,21H,2,7H2,1H3,(H,19,20). The number of halogens is 2. The lowest BCUT2D eigenvalue weighted by molar-refractivity contribution is 0.510. The average Bonchev–Trinajstić information content (AvgIpc) is 2.91. The van der Waals surface area contributed by atoms with E-state index >= 15 is 0 Å². The van der Waals surface area contributed by atoms with Crippen molar-refractivity contribution in [2.24, 2.45) is 0 Å². The van der Waals surface area contributed by atoms with Crippen LogP contribution in [-0.2, 0) is 0 Å². The van der Waals surface area contributed by atoms with Gasteiger partial charge in [0, 0.05) is 41.9 Å². The number of hydrogen-bond donors (Lipinski definition) is 4. The fraction of sp³-hybridized carbons (Fsp3) is 0.214. The Hall–Kier alpha value is -2.06. The third-order valence-corrected chi connectivity index (χ3v) is 3.73. The zero-order valence-electron chi connectivity index (χ0n) is 11.8. The van der Waals surface area contributed by atoms with Crippen LogP contribution in [0.1, 0.15) is 12.7 Å². The average molecular weight is 323 g/mol. The number of H-pyrrole nitrogens is 1. The molecule has 0 atom stereocenters. The summed E-state index contributed by atoms with van der Waals surface area (Å²) in [5.41, 5.74) is 8.56. The predicted octanol–water partition coefficient (Wildman–Crippen LogP) is 2.43. The Morgan fingerprint density at radius 1 is 1.27 bits per heavy atom. The van der Waals surface area contributed by atoms with Crippen LogP contribution in [0.3, 0.4) is 0 Å². The summed E-state index contributed by atoms with van der Waals surface area (Å²) in [7, 11) is 0. The highest BCUT2D eigenvalue weighted by atomic mass is 32.2. The maximum absolute atomic E-state index is 13.3. The summed E-state index contributed by atoms with van der Waals surface area (Å²) in [5.74, 6) is -0.267. The van der Waals surface area contributed by atoms with Gasteiger partial charge in [0.1, 0.15) is 5.82 Å². The van der Waals surface area contributed by atoms with Crippen LogP contribution >= 0.6 is 11.9 Å². The van der Waals surface area contributed by atoms with Gasteiger partial charge in [0.05, 0.1) is 11.0 Å². The first kappa shape index (κ1) is 14.9. The lowest BCUT2D eigenvalue weighted by Crippen LogP contribution is -2.33. The summed E-state index contributed by atoms with van der Waals surface area (Å²) >= 11 is 1.62. The van der Waals surface area contributed by atoms with Gasteiger partial charge in [0.2, 0.25) is 0 Å². The maximum atomic E-state index is 13.3. The third kappa shape index (κ3) is 3.07. The van der Waals surface area contributed by atoms with Crippen molar-refractivity contribution in [2.45, 2.75) is 6.92 Å². The van der Waals surface area contributed by atoms with Gasteiger partial charge in [0.25, 0.3) is 0 Å². The highest BCUT2D eigenvalue weighted by molar-refractivity contribution is 7.97. The number of nitrogens with one attached hydrogen (secondary N) is 4. The molecule has 1 aliphatic rings. The molecule has 1 aliphatic heterocycles. The Morgan fingerprint density at radius 2 is 2.09 bits per heavy atom. The molecule has 0 spiro atoms. The second-order valence-corrected chi connectivity index (χ2v) is 5.82. The first-order valence-electron chi connectivity index (χ1n) is 6.79. The van der Waals surface area contributed by atoms with Crippen molar-refractivity contribution in [3.63, 3.8) is 0 Å². The van der Waals surface area contributed by atoms with E-state index in [1.165, 1.54) is 0 Å². The van der Waals surface area contributed by atoms with E-state index in [0.29, 0.717) is 23.4 Å². The van der Waals surface area contributed by atoms with Gasteiger partial charge in [0.15, 0.2) is 11.6 Å². The summed E-state index contributed by atoms with van der Waals surface area (Å²) in [6.45, 7) is 2.73. The van der Waals surface area contributed by atoms with Crippen LogP contribution in [-0.4, -0.2) is 22.3 Å². The Labute approximate surface area is 130 Å². The van der Waals surface area contributed by atoms with E-state index in [0.717, 1.165) is 29.2 Å². The van der Waals surface area contributed by atoms with Gasteiger partial charge in [-0.05, 0) is 6.08 Å². The van der Waals surface area contributed by atoms with Crippen LogP contribution in [0, 0.1) is 11.6 Å². The zero-order valence-corrected chi connectivity index (χ0v) is 12.7. The summed E-state index contributed by atoms with van der Waals surface area (Å²) < 4.78 is 29.7. The molecule has 5 nitrogen and oxygen atoms in total. The quantitative estimate of drug-likeness (QED) is 0.503. The van der Waals surface area contributed by atoms with Crippen LogP contribution in [0.25, 0.3) is 16.6 Å². The minimum absolute atomic E-state index is 0.392. The summed E-state index contributed by atoms with van der Waals surface area (Å²) in [6, 6.07) is 2.20. The SMILES string of the molecule is CCSNCC1=CC(c2nc3cc(F)c(F)cc3[nH]2)=CNN1. The molecular formula is C14H15F2N5S. The molecule has 1 aromatic heterocycles. The smallest absolute Gasteiger partial charge is 0.161 e. The van der Waals surface area contributed by atoms with Crippen molar-refractivity contribution >= 4 is 28.6 Å². The van der Waals surface area contributed by atoms with E-state index in [1.807, 2.05) is 6.08 Å². The van der Waals surface area contributed by atoms with Gasteiger partial charge in [-0.1, -0.05) is 18.9 Å². The van der Waals surface area contributed by atoms with E-state index in [1.54, 1.807) is 18.1 Å². The normalized spacial score (nSPS) is 14.3. The molecule has 0 unspecified atom stereocenters. The number of rotatable bonds is 5. The van der Waals surface area contributed by atoms with E-state index < -0.39 is 11.6 Å². The van der Waals surface area contributed by atoms with Crippen molar-refractivity contribution < 1.29 is 8.78 Å². The fourth-order valence-corrected chi connectivity index (χ4v) is 2.54. The van der Waals surface area contributed by atoms with Crippen molar-refractivity contribution in [3.05, 3.63) is 47.6 Å². The molecule has 4 N–H and O–H groups in total. The number of nitrogens with zero attached hydrogens (tertiary/aromatic N) is 1. The Morgan fingerprint density at radius 3 is 2.91 bits per heavy atom. The van der Waals surface area contributed by atoms with Gasteiger partial charge >= 0.3 is 0 Å². The van der Waals surface area contributed by atoms with E-state index in [2.05, 4.69) is 32.5 Å². The lowest BCUT2D eigenvalue weighted by Gasteiger charge is -2.16. The Bertz CT molecular complexity index is 714. The number of aromatic amines is 1. The molecule has 22 heavy (non-hydrogen) atoms. The van der Waals surface area contributed by atoms with Gasteiger partial charge in [-0.3, -0.25) is 4.72 Å². The molecule has 0 saturated heterocycles. The molecule has 0 amide bonds. The fourth-order valence-electron chi connectivity index (χ4n) is 2.08. The van der Waals surface area contributed by atoms with Crippen LogP contribution in [0.5, 0.6) is 0 Å². The van der Waals surface area contributed by atoms with Crippen molar-refractivity contribution in [1.29, 1.82) is 0 Å². The highest BCUT2D eigenvalue weighted by Crippen LogP contribution is 2.21. The third-order valence-electron chi connectivity index (χ3n) is 3.10. The van der Waals surface area contributed by atoms with Crippen molar-refractivity contribution in [2.75, 3.05) is 12.3 Å². The first-order valence-corrected chi connectivity index (χ1v) is 7.78. The largest absolute Gasteiger partial charge is 0.338 e. The number of hydrazine groups is 1. The van der Waals surface area contributed by atoms with Gasteiger partial charge in [-0.25, -0.2) is 13.8 Å². The van der Waals surface area contributed by atoms with Gasteiger partial charge in [-0.15, -0.1) is 0 Å². The number of aromatic nitrogens is 2. The number of fused-ring (bicyclic) bond motifs is 1. The van der Waals surface area contributed by atoms with Crippen LogP contribution in [0.2, 0.25) is 0 Å². The topological polar surface area (TPSA) is 64.8 Å². The second-order valence-electron chi connectivity index (χ2n) is 4.66. The summed E-state index contributed by atoms with van der Waals surface area (Å²) in [4.78, 5) is 7.30. The van der Waals surface area contributed by atoms with Gasteiger partial charge < -0.3 is 15.8 Å². The molecule has 8 heteroatoms. The monoisotopic (exact) mass is 323 g/mol. The molecular weight excluding hydrogens is 308 g/mol. The molecule has 0 saturated carbocycles. The second kappa shape index (κ2) is 6.37. The number of imidazole rings is 1. The van der Waals surface area contributed by atoms with Crippen LogP contribution in [0.15, 0.2) is 30.1 Å². The zero-order chi connectivity index (χ0) is 15.5. The Kier molecular flexibility index (Phi) is 4.30. The van der Waals surface area contributed by atoms with E-state index in [9.17, 15) is 8.78 Å². The molecule has 3 rings (SSSR count). The van der Waals surface area contributed by atoms with Gasteiger partial charge in [-0.2, -0.15) is 0 Å². The van der Waals surface area contributed by atoms with Crippen molar-refractivity contribution in [3.8, 4) is 0 Å². The summed E-state index contributed by atoms with van der Waals surface area (Å²) in [5, 5.41) is 0. The number of benzene rings is 1. The number of hydrogen-bond acceptors (Lipinski definition) is 5. The predicted molar refractivity (Wildman–Crippen MR) is 84.5 cm³/mol. The first-order chi connectivity index (χ1) is 10.7. The van der Waals surface area contributed by atoms with Crippen LogP contribution < -0.4 is 15.6 Å². The summed E-state index contributed by atoms with van der Waals surface area (Å²) in [6.07, 6.45) is 3.66. The molecule has 2 heterocycles. The van der Waals surface area contributed by atoms with Crippen molar-refractivity contribution in [1.82, 2.24) is 25.5 Å². The van der Waals surface area contributed by atoms with E-state index in [-0.39, 0.29) is 0 Å².